The van der Waals surface area contributed by atoms with Crippen LogP contribution in [0.4, 0.5) is 5.82 Å². The molecular weight excluding hydrogens is 394 g/mol. The number of unbranched alkanes of at least 4 members (excludes halogenated alkanes) is 2. The van der Waals surface area contributed by atoms with Crippen LogP contribution in [0.25, 0.3) is 11.2 Å². The Labute approximate surface area is 171 Å². The van der Waals surface area contributed by atoms with Crippen molar-refractivity contribution in [3.63, 3.8) is 0 Å². The number of imidazole rings is 1. The number of hydrogen-bond acceptors (Lipinski definition) is 10. The minimum absolute atomic E-state index is 0.0388. The third-order valence-electron chi connectivity index (χ3n) is 4.84. The van der Waals surface area contributed by atoms with Gasteiger partial charge in [0.2, 0.25) is 0 Å². The molecule has 0 spiro atoms. The van der Waals surface area contributed by atoms with Crippen molar-refractivity contribution < 1.29 is 24.5 Å². The summed E-state index contributed by atoms with van der Waals surface area (Å²) in [7, 11) is 0. The van der Waals surface area contributed by atoms with Crippen LogP contribution >= 0.6 is 0 Å². The lowest BCUT2D eigenvalue weighted by Crippen LogP contribution is -2.43. The summed E-state index contributed by atoms with van der Waals surface area (Å²) in [4.78, 5) is 35.8. The first-order valence-electron chi connectivity index (χ1n) is 9.57. The SMILES string of the molecule is NC=CC(=O)CCCCCNC(=O)[C@H]1O[C@@H](n2cnc3c(N)ncnc32)[C@H](O)[C@@H]1O. The average molecular weight is 419 g/mol. The van der Waals surface area contributed by atoms with Gasteiger partial charge in [-0.2, -0.15) is 0 Å². The Bertz CT molecular complexity index is 931. The van der Waals surface area contributed by atoms with Gasteiger partial charge in [0.1, 0.15) is 24.1 Å². The van der Waals surface area contributed by atoms with Gasteiger partial charge in [-0.25, -0.2) is 15.0 Å². The Hall–Kier alpha value is -3.09. The van der Waals surface area contributed by atoms with E-state index in [0.717, 1.165) is 6.42 Å². The number of anilines is 1. The molecule has 12 heteroatoms. The fourth-order valence-electron chi connectivity index (χ4n) is 3.27. The number of amides is 1. The van der Waals surface area contributed by atoms with Gasteiger partial charge in [0.05, 0.1) is 6.33 Å². The van der Waals surface area contributed by atoms with E-state index in [9.17, 15) is 19.8 Å². The zero-order chi connectivity index (χ0) is 21.7. The van der Waals surface area contributed by atoms with Gasteiger partial charge in [-0.3, -0.25) is 14.2 Å². The largest absolute Gasteiger partial charge is 0.404 e. The molecule has 4 atom stereocenters. The predicted molar refractivity (Wildman–Crippen MR) is 105 cm³/mol. The third kappa shape index (κ3) is 4.56. The fraction of sp³-hybridized carbons (Fsp3) is 0.500. The fourth-order valence-corrected chi connectivity index (χ4v) is 3.27. The van der Waals surface area contributed by atoms with Crippen LogP contribution in [0.3, 0.4) is 0 Å². The first-order valence-corrected chi connectivity index (χ1v) is 9.57. The minimum atomic E-state index is -1.42. The van der Waals surface area contributed by atoms with Crippen molar-refractivity contribution in [2.24, 2.45) is 5.73 Å². The van der Waals surface area contributed by atoms with Gasteiger partial charge < -0.3 is 31.7 Å². The maximum atomic E-state index is 12.4. The summed E-state index contributed by atoms with van der Waals surface area (Å²) < 4.78 is 7.03. The molecule has 162 valence electrons. The molecule has 1 saturated heterocycles. The summed E-state index contributed by atoms with van der Waals surface area (Å²) in [5.41, 5.74) is 11.6. The molecule has 1 amide bonds. The molecule has 7 N–H and O–H groups in total. The summed E-state index contributed by atoms with van der Waals surface area (Å²) in [6, 6.07) is 0. The second-order valence-corrected chi connectivity index (χ2v) is 6.94. The zero-order valence-corrected chi connectivity index (χ0v) is 16.2. The Balaban J connectivity index is 1.53. The number of aliphatic hydroxyl groups is 2. The van der Waals surface area contributed by atoms with Crippen molar-refractivity contribution in [2.75, 3.05) is 12.3 Å². The van der Waals surface area contributed by atoms with Crippen LogP contribution in [-0.2, 0) is 14.3 Å². The second-order valence-electron chi connectivity index (χ2n) is 6.94. The standard InChI is InChI=1S/C18H25N7O5/c19-6-5-10(26)4-2-1-3-7-21-17(29)14-12(27)13(28)18(30-14)25-9-24-11-15(20)22-8-23-16(11)25/h5-6,8-9,12-14,18,27-28H,1-4,7,19H2,(H,21,29)(H2,20,22,23)/t12-,13+,14-,18+/m0/s1. The number of hydrogen-bond donors (Lipinski definition) is 5. The second kappa shape index (κ2) is 9.61. The smallest absolute Gasteiger partial charge is 0.252 e. The summed E-state index contributed by atoms with van der Waals surface area (Å²) in [6.45, 7) is 0.352. The number of nitrogens with zero attached hydrogens (tertiary/aromatic N) is 4. The van der Waals surface area contributed by atoms with Crippen molar-refractivity contribution in [3.8, 4) is 0 Å². The molecule has 0 unspecified atom stereocenters. The Morgan fingerprint density at radius 3 is 2.77 bits per heavy atom. The summed E-state index contributed by atoms with van der Waals surface area (Å²) in [5.74, 6) is -0.408. The quantitative estimate of drug-likeness (QED) is 0.242. The van der Waals surface area contributed by atoms with E-state index in [1.165, 1.54) is 29.5 Å². The van der Waals surface area contributed by atoms with Crippen LogP contribution in [0.15, 0.2) is 24.9 Å². The number of aromatic nitrogens is 4. The molecule has 1 aliphatic rings. The van der Waals surface area contributed by atoms with Crippen molar-refractivity contribution in [3.05, 3.63) is 24.9 Å². The molecule has 1 aliphatic heterocycles. The Kier molecular flexibility index (Phi) is 6.92. The summed E-state index contributed by atoms with van der Waals surface area (Å²) in [5, 5.41) is 23.4. The number of rotatable bonds is 9. The number of allylic oxidation sites excluding steroid dienone is 1. The lowest BCUT2D eigenvalue weighted by atomic mass is 10.1. The molecule has 2 aromatic rings. The molecule has 3 heterocycles. The van der Waals surface area contributed by atoms with Gasteiger partial charge in [-0.15, -0.1) is 0 Å². The molecular formula is C18H25N7O5. The molecule has 2 aromatic heterocycles. The van der Waals surface area contributed by atoms with E-state index in [-0.39, 0.29) is 11.6 Å². The highest BCUT2D eigenvalue weighted by Crippen LogP contribution is 2.32. The predicted octanol–water partition coefficient (Wildman–Crippen LogP) is -1.25. The maximum Gasteiger partial charge on any atom is 0.252 e. The molecule has 3 rings (SSSR count). The number of aliphatic hydroxyl groups excluding tert-OH is 2. The van der Waals surface area contributed by atoms with E-state index >= 15 is 0 Å². The van der Waals surface area contributed by atoms with Crippen LogP contribution in [0.5, 0.6) is 0 Å². The maximum absolute atomic E-state index is 12.4. The number of nitrogens with two attached hydrogens (primary N) is 2. The Morgan fingerprint density at radius 2 is 2.00 bits per heavy atom. The lowest BCUT2D eigenvalue weighted by Gasteiger charge is -2.16. The van der Waals surface area contributed by atoms with Crippen molar-refractivity contribution in [1.29, 1.82) is 0 Å². The van der Waals surface area contributed by atoms with Crippen LogP contribution in [-0.4, -0.2) is 66.3 Å². The van der Waals surface area contributed by atoms with E-state index < -0.39 is 30.4 Å². The molecule has 30 heavy (non-hydrogen) atoms. The highest BCUT2D eigenvalue weighted by Gasteiger charge is 2.47. The first-order chi connectivity index (χ1) is 14.4. The average Bonchev–Trinajstić information content (AvgIpc) is 3.27. The van der Waals surface area contributed by atoms with E-state index in [1.807, 2.05) is 0 Å². The van der Waals surface area contributed by atoms with E-state index in [1.54, 1.807) is 0 Å². The van der Waals surface area contributed by atoms with Crippen molar-refractivity contribution in [2.45, 2.75) is 50.2 Å². The van der Waals surface area contributed by atoms with E-state index in [4.69, 9.17) is 16.2 Å². The van der Waals surface area contributed by atoms with Gasteiger partial charge in [-0.05, 0) is 25.1 Å². The van der Waals surface area contributed by atoms with Crippen LogP contribution in [0, 0.1) is 0 Å². The molecule has 0 radical (unpaired) electrons. The number of fused-ring (bicyclic) bond motifs is 1. The Morgan fingerprint density at radius 1 is 1.20 bits per heavy atom. The van der Waals surface area contributed by atoms with E-state index in [0.29, 0.717) is 37.0 Å². The molecule has 0 bridgehead atoms. The van der Waals surface area contributed by atoms with Gasteiger partial charge in [0, 0.05) is 13.0 Å². The topological polar surface area (TPSA) is 191 Å². The number of carbonyl (C=O) groups is 2. The van der Waals surface area contributed by atoms with E-state index in [2.05, 4.69) is 20.3 Å². The third-order valence-corrected chi connectivity index (χ3v) is 4.84. The number of ketones is 1. The minimum Gasteiger partial charge on any atom is -0.404 e. The summed E-state index contributed by atoms with van der Waals surface area (Å²) >= 11 is 0. The molecule has 0 aromatic carbocycles. The van der Waals surface area contributed by atoms with Gasteiger partial charge >= 0.3 is 0 Å². The summed E-state index contributed by atoms with van der Waals surface area (Å²) in [6.07, 6.45) is 2.52. The first kappa shape index (κ1) is 21.6. The van der Waals surface area contributed by atoms with Crippen LogP contribution in [0.2, 0.25) is 0 Å². The van der Waals surface area contributed by atoms with Gasteiger partial charge in [-0.1, -0.05) is 6.42 Å². The lowest BCUT2D eigenvalue weighted by molar-refractivity contribution is -0.137. The number of nitrogens with one attached hydrogen (secondary N) is 1. The van der Waals surface area contributed by atoms with Crippen LogP contribution < -0.4 is 16.8 Å². The molecule has 12 nitrogen and oxygen atoms in total. The van der Waals surface area contributed by atoms with Gasteiger partial charge in [0.25, 0.3) is 5.91 Å². The molecule has 0 saturated carbocycles. The molecule has 1 fully saturated rings. The number of nitrogen functional groups attached to an aromatic ring is 1. The highest BCUT2D eigenvalue weighted by atomic mass is 16.6. The normalized spacial score (nSPS) is 23.9. The molecule has 0 aliphatic carbocycles. The van der Waals surface area contributed by atoms with Crippen molar-refractivity contribution >= 4 is 28.7 Å². The van der Waals surface area contributed by atoms with Crippen molar-refractivity contribution in [1.82, 2.24) is 24.8 Å². The number of ether oxygens (including phenoxy) is 1. The van der Waals surface area contributed by atoms with Crippen LogP contribution in [0.1, 0.15) is 31.9 Å². The van der Waals surface area contributed by atoms with Gasteiger partial charge in [0.15, 0.2) is 29.6 Å². The number of carbonyl (C=O) groups excluding carboxylic acids is 2. The zero-order valence-electron chi connectivity index (χ0n) is 16.2. The highest BCUT2D eigenvalue weighted by molar-refractivity contribution is 5.89. The monoisotopic (exact) mass is 419 g/mol.